The molecule has 3 N–H and O–H groups in total. The smallest absolute Gasteiger partial charge is 0.411 e. The molecular formula is C14H10Cl2N2O3. The minimum atomic E-state index is -0.471. The van der Waals surface area contributed by atoms with Crippen molar-refractivity contribution < 1.29 is 14.3 Å². The van der Waals surface area contributed by atoms with Gasteiger partial charge in [0.1, 0.15) is 12.4 Å². The van der Waals surface area contributed by atoms with Gasteiger partial charge in [0.2, 0.25) is 0 Å². The number of hydrogen-bond acceptors (Lipinski definition) is 4. The molecule has 0 saturated carbocycles. The van der Waals surface area contributed by atoms with E-state index in [1.807, 2.05) is 0 Å². The zero-order chi connectivity index (χ0) is 15.0. The normalized spacial score (nSPS) is 13.1. The highest BCUT2D eigenvalue weighted by molar-refractivity contribution is 6.37. The van der Waals surface area contributed by atoms with Gasteiger partial charge in [-0.15, -0.1) is 0 Å². The molecule has 21 heavy (non-hydrogen) atoms. The second-order valence-electron chi connectivity index (χ2n) is 4.44. The van der Waals surface area contributed by atoms with Crippen molar-refractivity contribution in [3.63, 3.8) is 0 Å². The van der Waals surface area contributed by atoms with Crippen molar-refractivity contribution in [2.24, 2.45) is 0 Å². The summed E-state index contributed by atoms with van der Waals surface area (Å²) >= 11 is 12.2. The Morgan fingerprint density at radius 3 is 2.62 bits per heavy atom. The van der Waals surface area contributed by atoms with Crippen molar-refractivity contribution in [2.45, 2.75) is 6.61 Å². The highest BCUT2D eigenvalue weighted by Crippen LogP contribution is 2.39. The van der Waals surface area contributed by atoms with Gasteiger partial charge in [-0.3, -0.25) is 5.32 Å². The molecule has 1 aliphatic heterocycles. The number of ether oxygens (including phenoxy) is 2. The van der Waals surface area contributed by atoms with Crippen LogP contribution in [0.3, 0.4) is 0 Å². The van der Waals surface area contributed by atoms with Crippen LogP contribution in [0.5, 0.6) is 11.5 Å². The summed E-state index contributed by atoms with van der Waals surface area (Å²) in [5.41, 5.74) is 7.59. The Labute approximate surface area is 130 Å². The van der Waals surface area contributed by atoms with Gasteiger partial charge in [-0.2, -0.15) is 0 Å². The highest BCUT2D eigenvalue weighted by atomic mass is 35.5. The summed E-state index contributed by atoms with van der Waals surface area (Å²) in [6.07, 6.45) is -0.471. The first-order valence-electron chi connectivity index (χ1n) is 6.02. The van der Waals surface area contributed by atoms with Gasteiger partial charge >= 0.3 is 6.09 Å². The van der Waals surface area contributed by atoms with Crippen LogP contribution in [0.1, 0.15) is 5.56 Å². The highest BCUT2D eigenvalue weighted by Gasteiger charge is 2.17. The van der Waals surface area contributed by atoms with Crippen LogP contribution in [-0.2, 0) is 11.3 Å². The number of halogens is 2. The third kappa shape index (κ3) is 2.84. The number of anilines is 2. The van der Waals surface area contributed by atoms with E-state index >= 15 is 0 Å². The van der Waals surface area contributed by atoms with Crippen LogP contribution in [0, 0.1) is 0 Å². The fourth-order valence-corrected chi connectivity index (χ4v) is 2.54. The molecule has 1 amide bonds. The predicted octanol–water partition coefficient (Wildman–Crippen LogP) is 4.43. The molecule has 7 heteroatoms. The Bertz CT molecular complexity index is 711. The van der Waals surface area contributed by atoms with Gasteiger partial charge in [-0.05, 0) is 30.3 Å². The number of rotatable bonds is 2. The van der Waals surface area contributed by atoms with Crippen LogP contribution in [-0.4, -0.2) is 6.09 Å². The number of benzene rings is 2. The van der Waals surface area contributed by atoms with Gasteiger partial charge in [0.15, 0.2) is 5.75 Å². The number of carbonyl (C=O) groups excluding carboxylic acids is 1. The van der Waals surface area contributed by atoms with Crippen molar-refractivity contribution in [1.82, 2.24) is 0 Å². The number of cyclic esters (lactones) is 1. The lowest BCUT2D eigenvalue weighted by atomic mass is 10.1. The summed E-state index contributed by atoms with van der Waals surface area (Å²) < 4.78 is 10.6. The molecule has 0 atom stereocenters. The maximum absolute atomic E-state index is 11.1. The monoisotopic (exact) mass is 324 g/mol. The molecule has 1 heterocycles. The van der Waals surface area contributed by atoms with Crippen LogP contribution in [0.15, 0.2) is 30.3 Å². The zero-order valence-electron chi connectivity index (χ0n) is 10.7. The Morgan fingerprint density at radius 1 is 1.19 bits per heavy atom. The number of nitrogens with two attached hydrogens (primary N) is 1. The Kier molecular flexibility index (Phi) is 3.53. The van der Waals surface area contributed by atoms with Crippen LogP contribution in [0.25, 0.3) is 0 Å². The third-order valence-corrected chi connectivity index (χ3v) is 3.47. The Hall–Kier alpha value is -2.11. The summed E-state index contributed by atoms with van der Waals surface area (Å²) in [5, 5.41) is 3.24. The minimum Gasteiger partial charge on any atom is -0.454 e. The molecule has 0 saturated heterocycles. The molecule has 0 unspecified atom stereocenters. The number of nitrogen functional groups attached to an aromatic ring is 1. The van der Waals surface area contributed by atoms with Crippen molar-refractivity contribution in [2.75, 3.05) is 11.1 Å². The lowest BCUT2D eigenvalue weighted by Crippen LogP contribution is -2.20. The molecule has 5 nitrogen and oxygen atoms in total. The third-order valence-electron chi connectivity index (χ3n) is 2.91. The molecule has 0 fully saturated rings. The van der Waals surface area contributed by atoms with E-state index in [4.69, 9.17) is 38.4 Å². The molecule has 0 radical (unpaired) electrons. The average molecular weight is 325 g/mol. The molecule has 2 aromatic carbocycles. The lowest BCUT2D eigenvalue weighted by Gasteiger charge is -2.18. The first kappa shape index (κ1) is 13.9. The summed E-state index contributed by atoms with van der Waals surface area (Å²) in [6, 6.07) is 8.30. The van der Waals surface area contributed by atoms with Crippen molar-refractivity contribution in [1.29, 1.82) is 0 Å². The number of fused-ring (bicyclic) bond motifs is 1. The fourth-order valence-electron chi connectivity index (χ4n) is 1.96. The maximum Gasteiger partial charge on any atom is 0.411 e. The SMILES string of the molecule is Nc1cc(Cl)c(Oc2ccc3c(c2)COC(=O)N3)c(Cl)c1. The molecule has 0 bridgehead atoms. The average Bonchev–Trinajstić information content (AvgIpc) is 2.43. The zero-order valence-corrected chi connectivity index (χ0v) is 12.2. The van der Waals surface area contributed by atoms with Crippen LogP contribution in [0.4, 0.5) is 16.2 Å². The topological polar surface area (TPSA) is 73.6 Å². The summed E-state index contributed by atoms with van der Waals surface area (Å²) in [7, 11) is 0. The Balaban J connectivity index is 1.91. The van der Waals surface area contributed by atoms with E-state index < -0.39 is 6.09 Å². The first-order chi connectivity index (χ1) is 10.0. The van der Waals surface area contributed by atoms with E-state index in [1.54, 1.807) is 30.3 Å². The molecule has 3 rings (SSSR count). The van der Waals surface area contributed by atoms with Gasteiger partial charge in [0, 0.05) is 11.3 Å². The largest absolute Gasteiger partial charge is 0.454 e. The van der Waals surface area contributed by atoms with Crippen molar-refractivity contribution >= 4 is 40.7 Å². The van der Waals surface area contributed by atoms with E-state index in [0.29, 0.717) is 32.9 Å². The molecule has 108 valence electrons. The maximum atomic E-state index is 11.1. The summed E-state index contributed by atoms with van der Waals surface area (Å²) in [5.74, 6) is 0.857. The van der Waals surface area contributed by atoms with E-state index in [1.165, 1.54) is 0 Å². The molecule has 0 aliphatic carbocycles. The summed E-state index contributed by atoms with van der Waals surface area (Å²) in [6.45, 7) is 0.182. The molecule has 1 aliphatic rings. The van der Waals surface area contributed by atoms with Crippen molar-refractivity contribution in [3.8, 4) is 11.5 Å². The molecule has 0 aromatic heterocycles. The van der Waals surface area contributed by atoms with E-state index in [2.05, 4.69) is 5.32 Å². The second kappa shape index (κ2) is 5.35. The van der Waals surface area contributed by atoms with E-state index in [0.717, 1.165) is 5.56 Å². The van der Waals surface area contributed by atoms with Gasteiger partial charge in [0.25, 0.3) is 0 Å². The molecule has 2 aromatic rings. The number of hydrogen-bond donors (Lipinski definition) is 2. The summed E-state index contributed by atoms with van der Waals surface area (Å²) in [4.78, 5) is 11.1. The number of carbonyl (C=O) groups is 1. The van der Waals surface area contributed by atoms with E-state index in [9.17, 15) is 4.79 Å². The minimum absolute atomic E-state index is 0.182. The fraction of sp³-hybridized carbons (Fsp3) is 0.0714. The second-order valence-corrected chi connectivity index (χ2v) is 5.25. The lowest BCUT2D eigenvalue weighted by molar-refractivity contribution is 0.151. The number of nitrogens with one attached hydrogen (secondary N) is 1. The number of amides is 1. The Morgan fingerprint density at radius 2 is 1.90 bits per heavy atom. The van der Waals surface area contributed by atoms with Gasteiger partial charge in [-0.25, -0.2) is 4.79 Å². The van der Waals surface area contributed by atoms with Crippen LogP contribution < -0.4 is 15.8 Å². The molecular weight excluding hydrogens is 315 g/mol. The van der Waals surface area contributed by atoms with Crippen LogP contribution >= 0.6 is 23.2 Å². The van der Waals surface area contributed by atoms with E-state index in [-0.39, 0.29) is 6.61 Å². The van der Waals surface area contributed by atoms with Crippen LogP contribution in [0.2, 0.25) is 10.0 Å². The first-order valence-corrected chi connectivity index (χ1v) is 6.77. The quantitative estimate of drug-likeness (QED) is 0.801. The van der Waals surface area contributed by atoms with Gasteiger partial charge in [-0.1, -0.05) is 23.2 Å². The standard InChI is InChI=1S/C14H10Cl2N2O3/c15-10-4-8(17)5-11(16)13(10)21-9-1-2-12-7(3-9)6-20-14(19)18-12/h1-5H,6,17H2,(H,18,19). The van der Waals surface area contributed by atoms with Gasteiger partial charge in [0.05, 0.1) is 15.7 Å². The van der Waals surface area contributed by atoms with Gasteiger partial charge < -0.3 is 15.2 Å². The molecule has 0 spiro atoms. The predicted molar refractivity (Wildman–Crippen MR) is 81.2 cm³/mol. The van der Waals surface area contributed by atoms with Crippen molar-refractivity contribution in [3.05, 3.63) is 45.9 Å².